The predicted molar refractivity (Wildman–Crippen MR) is 238 cm³/mol. The Morgan fingerprint density at radius 2 is 1.47 bits per heavy atom. The molecule has 6 fully saturated rings. The Morgan fingerprint density at radius 3 is 2.20 bits per heavy atom. The van der Waals surface area contributed by atoms with Crippen molar-refractivity contribution in [2.75, 3.05) is 13.1 Å². The molecule has 3 aromatic carbocycles. The maximum atomic E-state index is 15.7. The van der Waals surface area contributed by atoms with E-state index < -0.39 is 27.9 Å². The first kappa shape index (κ1) is 40.1. The second-order valence-corrected chi connectivity index (χ2v) is 21.7. The Bertz CT molecular complexity index is 2230. The fourth-order valence-corrected chi connectivity index (χ4v) is 15.4. The molecule has 60 heavy (non-hydrogen) atoms. The van der Waals surface area contributed by atoms with E-state index in [9.17, 15) is 15.0 Å². The lowest BCUT2D eigenvalue weighted by molar-refractivity contribution is -0.176. The van der Waals surface area contributed by atoms with Gasteiger partial charge in [0.15, 0.2) is 5.78 Å². The minimum atomic E-state index is -1.14. The molecule has 9 aliphatic rings. The van der Waals surface area contributed by atoms with Gasteiger partial charge in [-0.15, -0.1) is 0 Å². The lowest BCUT2D eigenvalue weighted by Gasteiger charge is -2.71. The molecule has 0 heterocycles. The number of hydrogen-bond donors (Lipinski definition) is 3. The zero-order chi connectivity index (χ0) is 41.9. The lowest BCUT2D eigenvalue weighted by atomic mass is 9.32. The summed E-state index contributed by atoms with van der Waals surface area (Å²) in [6, 6.07) is 28.2. The standard InChI is InChI=1S/C54H66N2O4/c1-35(36-14-8-6-9-15-36)55-48(59)56(33-38-20-21-39-30-43(38)49(39,2)3)34-53(60)27-24-46-51(53,5)26-23-45-50(4)25-22-40(57)31-52(50)28-29-54(45,46)44(32-52)47(58)42-19-13-12-18-41(42)37-16-10-7-11-17-37/h6-19,28-29,32,35,38-40,43,45-46,57,60H,20-27,30-31,33-34H2,1-5H3,(H,55,59). The minimum Gasteiger partial charge on any atom is -0.393 e. The van der Waals surface area contributed by atoms with E-state index in [0.717, 1.165) is 66.7 Å². The molecular weight excluding hydrogens is 741 g/mol. The molecule has 6 heteroatoms. The molecule has 9 aliphatic carbocycles. The fraction of sp³-hybridized carbons (Fsp3) is 0.556. The van der Waals surface area contributed by atoms with Crippen LogP contribution < -0.4 is 5.32 Å². The summed E-state index contributed by atoms with van der Waals surface area (Å²) in [5.74, 6) is 2.01. The number of nitrogens with zero attached hydrogens (tertiary/aromatic N) is 1. The van der Waals surface area contributed by atoms with Gasteiger partial charge < -0.3 is 20.4 Å². The van der Waals surface area contributed by atoms with Gasteiger partial charge in [-0.2, -0.15) is 0 Å². The van der Waals surface area contributed by atoms with E-state index in [1.54, 1.807) is 0 Å². The predicted octanol–water partition coefficient (Wildman–Crippen LogP) is 11.0. The van der Waals surface area contributed by atoms with Gasteiger partial charge in [-0.25, -0.2) is 4.79 Å². The van der Waals surface area contributed by atoms with Crippen molar-refractivity contribution < 1.29 is 19.8 Å². The van der Waals surface area contributed by atoms with Crippen LogP contribution in [-0.2, 0) is 0 Å². The Morgan fingerprint density at radius 1 is 0.800 bits per heavy atom. The molecular formula is C54H66N2O4. The molecule has 12 atom stereocenters. The van der Waals surface area contributed by atoms with E-state index in [1.807, 2.05) is 59.5 Å². The molecule has 4 bridgehead atoms. The topological polar surface area (TPSA) is 89.9 Å². The number of carbonyl (C=O) groups is 2. The minimum absolute atomic E-state index is 0.000204. The number of urea groups is 1. The maximum Gasteiger partial charge on any atom is 0.317 e. The van der Waals surface area contributed by atoms with Crippen molar-refractivity contribution in [3.63, 3.8) is 0 Å². The van der Waals surface area contributed by atoms with Gasteiger partial charge in [0.25, 0.3) is 0 Å². The van der Waals surface area contributed by atoms with Crippen LogP contribution in [0.1, 0.15) is 121 Å². The first-order valence-corrected chi connectivity index (χ1v) is 23.3. The summed E-state index contributed by atoms with van der Waals surface area (Å²) < 4.78 is 0. The molecule has 6 saturated carbocycles. The number of benzene rings is 3. The summed E-state index contributed by atoms with van der Waals surface area (Å²) in [7, 11) is 0. The van der Waals surface area contributed by atoms with Crippen molar-refractivity contribution in [3.8, 4) is 11.1 Å². The number of nitrogens with one attached hydrogen (secondary N) is 1. The molecule has 3 N–H and O–H groups in total. The summed E-state index contributed by atoms with van der Waals surface area (Å²) in [5, 5.41) is 28.1. The van der Waals surface area contributed by atoms with Gasteiger partial charge in [0.2, 0.25) is 0 Å². The molecule has 12 rings (SSSR count). The second-order valence-electron chi connectivity index (χ2n) is 21.7. The van der Waals surface area contributed by atoms with Gasteiger partial charge in [0.1, 0.15) is 0 Å². The molecule has 6 nitrogen and oxygen atoms in total. The third kappa shape index (κ3) is 5.64. The van der Waals surface area contributed by atoms with Gasteiger partial charge in [-0.05, 0) is 128 Å². The molecule has 2 amide bonds. The third-order valence-corrected chi connectivity index (χ3v) is 19.0. The first-order valence-electron chi connectivity index (χ1n) is 23.3. The number of hydrogen-bond acceptors (Lipinski definition) is 4. The Labute approximate surface area is 357 Å². The summed E-state index contributed by atoms with van der Waals surface area (Å²) in [6.45, 7) is 12.6. The van der Waals surface area contributed by atoms with E-state index in [2.05, 4.69) is 88.5 Å². The number of carbonyl (C=O) groups excluding carboxylic acids is 2. The molecule has 3 aromatic rings. The zero-order valence-electron chi connectivity index (χ0n) is 36.5. The highest BCUT2D eigenvalue weighted by Crippen LogP contribution is 2.78. The summed E-state index contributed by atoms with van der Waals surface area (Å²) >= 11 is 0. The number of Topliss-reactive ketones (excluding diaryl/α,β-unsaturated/α-hetero) is 1. The average molecular weight is 807 g/mol. The van der Waals surface area contributed by atoms with E-state index in [0.29, 0.717) is 36.8 Å². The van der Waals surface area contributed by atoms with E-state index in [-0.39, 0.29) is 47.1 Å². The van der Waals surface area contributed by atoms with Crippen LogP contribution in [0.25, 0.3) is 11.1 Å². The van der Waals surface area contributed by atoms with Gasteiger partial charge >= 0.3 is 6.03 Å². The summed E-state index contributed by atoms with van der Waals surface area (Å²) in [5.41, 5.74) is 2.06. The summed E-state index contributed by atoms with van der Waals surface area (Å²) in [4.78, 5) is 32.4. The molecule has 2 spiro atoms. The van der Waals surface area contributed by atoms with Gasteiger partial charge in [-0.3, -0.25) is 4.79 Å². The van der Waals surface area contributed by atoms with Gasteiger partial charge in [0, 0.05) is 33.9 Å². The van der Waals surface area contributed by atoms with Crippen molar-refractivity contribution >= 4 is 11.8 Å². The largest absolute Gasteiger partial charge is 0.393 e. The number of aliphatic hydroxyl groups excluding tert-OH is 1. The monoisotopic (exact) mass is 807 g/mol. The molecule has 316 valence electrons. The van der Waals surface area contributed by atoms with Crippen LogP contribution >= 0.6 is 0 Å². The molecule has 12 unspecified atom stereocenters. The number of amides is 2. The average Bonchev–Trinajstić information content (AvgIpc) is 3.53. The Kier molecular flexibility index (Phi) is 9.36. The maximum absolute atomic E-state index is 15.7. The van der Waals surface area contributed by atoms with Crippen LogP contribution in [0.3, 0.4) is 0 Å². The fourth-order valence-electron chi connectivity index (χ4n) is 15.4. The van der Waals surface area contributed by atoms with Crippen molar-refractivity contribution in [1.29, 1.82) is 0 Å². The van der Waals surface area contributed by atoms with E-state index in [1.165, 1.54) is 12.8 Å². The molecule has 0 aliphatic heterocycles. The third-order valence-electron chi connectivity index (χ3n) is 19.0. The summed E-state index contributed by atoms with van der Waals surface area (Å²) in [6.07, 6.45) is 15.7. The Balaban J connectivity index is 1.03. The van der Waals surface area contributed by atoms with Crippen LogP contribution in [0.4, 0.5) is 4.79 Å². The van der Waals surface area contributed by atoms with Gasteiger partial charge in [-0.1, -0.05) is 131 Å². The number of aliphatic hydroxyl groups is 2. The normalized spacial score (nSPS) is 39.6. The molecule has 0 aromatic heterocycles. The SMILES string of the molecule is CC(NC(=O)N(CC1CCC2CC1C2(C)C)CC1(O)CCC2C34C=CC5(C=C3C(=O)c3ccccc3-c3ccccc3)CC(O)CCC5(C)C4CCC21C)c1ccccc1. The number of fused-ring (bicyclic) bond motifs is 3. The van der Waals surface area contributed by atoms with Crippen LogP contribution in [0.15, 0.2) is 109 Å². The Hall–Kier alpha value is -4.00. The number of rotatable bonds is 9. The smallest absolute Gasteiger partial charge is 0.317 e. The molecule has 0 radical (unpaired) electrons. The van der Waals surface area contributed by atoms with Gasteiger partial charge in [0.05, 0.1) is 24.3 Å². The highest BCUT2D eigenvalue weighted by Gasteiger charge is 2.74. The van der Waals surface area contributed by atoms with Crippen molar-refractivity contribution in [2.24, 2.45) is 56.7 Å². The van der Waals surface area contributed by atoms with Crippen molar-refractivity contribution in [3.05, 3.63) is 120 Å². The van der Waals surface area contributed by atoms with Crippen molar-refractivity contribution in [1.82, 2.24) is 10.2 Å². The first-order chi connectivity index (χ1) is 28.7. The second kappa shape index (κ2) is 14.0. The number of allylic oxidation sites excluding steroid dienone is 4. The quantitative estimate of drug-likeness (QED) is 0.148. The van der Waals surface area contributed by atoms with Crippen LogP contribution in [0, 0.1) is 56.7 Å². The zero-order valence-corrected chi connectivity index (χ0v) is 36.5. The molecule has 0 saturated heterocycles. The highest BCUT2D eigenvalue weighted by atomic mass is 16.3. The van der Waals surface area contributed by atoms with Crippen molar-refractivity contribution in [2.45, 2.75) is 117 Å². The highest BCUT2D eigenvalue weighted by molar-refractivity contribution is 6.14. The van der Waals surface area contributed by atoms with Crippen LogP contribution in [0.5, 0.6) is 0 Å². The van der Waals surface area contributed by atoms with Crippen LogP contribution in [0.2, 0.25) is 0 Å². The van der Waals surface area contributed by atoms with E-state index >= 15 is 4.79 Å². The van der Waals surface area contributed by atoms with Crippen LogP contribution in [-0.4, -0.2) is 51.7 Å². The lowest BCUT2D eigenvalue weighted by Crippen LogP contribution is -2.67. The number of ketones is 1. The van der Waals surface area contributed by atoms with E-state index in [4.69, 9.17) is 0 Å².